The van der Waals surface area contributed by atoms with Gasteiger partial charge < -0.3 is 9.47 Å². The summed E-state index contributed by atoms with van der Waals surface area (Å²) in [7, 11) is 1.33. The Balaban J connectivity index is 1.83. The summed E-state index contributed by atoms with van der Waals surface area (Å²) in [5.74, 6) is 0.788. The number of ether oxygens (including phenoxy) is 2. The summed E-state index contributed by atoms with van der Waals surface area (Å²) in [5.41, 5.74) is 2.07. The maximum atomic E-state index is 11.7. The molecule has 0 saturated carbocycles. The van der Waals surface area contributed by atoms with Crippen molar-refractivity contribution < 1.29 is 14.3 Å². The lowest BCUT2D eigenvalue weighted by molar-refractivity contribution is 0.0590. The standard InChI is InChI=1S/C16H15N3O3/c1-11-6-8-12(9-7-11)22-10-14-17-15-5-3-4-13(16(20)21-2)19(15)18-14/h3-9H,10H2,1-2H3. The van der Waals surface area contributed by atoms with E-state index >= 15 is 0 Å². The van der Waals surface area contributed by atoms with Gasteiger partial charge in [0.05, 0.1) is 7.11 Å². The quantitative estimate of drug-likeness (QED) is 0.692. The van der Waals surface area contributed by atoms with Gasteiger partial charge in [0, 0.05) is 0 Å². The predicted octanol–water partition coefficient (Wildman–Crippen LogP) is 2.40. The fourth-order valence-electron chi connectivity index (χ4n) is 2.05. The first kappa shape index (κ1) is 14.1. The van der Waals surface area contributed by atoms with Gasteiger partial charge in [-0.2, -0.15) is 0 Å². The molecule has 3 rings (SSSR count). The van der Waals surface area contributed by atoms with Gasteiger partial charge in [0.1, 0.15) is 12.4 Å². The van der Waals surface area contributed by atoms with Crippen LogP contribution in [0.3, 0.4) is 0 Å². The number of hydrogen-bond acceptors (Lipinski definition) is 5. The molecule has 0 aliphatic heterocycles. The Labute approximate surface area is 127 Å². The average molecular weight is 297 g/mol. The van der Waals surface area contributed by atoms with Crippen LogP contribution in [0.4, 0.5) is 0 Å². The fourth-order valence-corrected chi connectivity index (χ4v) is 2.05. The molecule has 0 aliphatic rings. The second kappa shape index (κ2) is 5.85. The zero-order valence-electron chi connectivity index (χ0n) is 12.3. The zero-order chi connectivity index (χ0) is 15.5. The molecule has 6 heteroatoms. The van der Waals surface area contributed by atoms with E-state index in [-0.39, 0.29) is 6.61 Å². The lowest BCUT2D eigenvalue weighted by Crippen LogP contribution is -2.09. The molecule has 3 aromatic rings. The van der Waals surface area contributed by atoms with Crippen LogP contribution in [0.2, 0.25) is 0 Å². The second-order valence-electron chi connectivity index (χ2n) is 4.80. The predicted molar refractivity (Wildman–Crippen MR) is 79.8 cm³/mol. The fraction of sp³-hybridized carbons (Fsp3) is 0.188. The lowest BCUT2D eigenvalue weighted by Gasteiger charge is -2.03. The number of aryl methyl sites for hydroxylation is 1. The van der Waals surface area contributed by atoms with Crippen molar-refractivity contribution in [3.8, 4) is 5.75 Å². The minimum Gasteiger partial charge on any atom is -0.486 e. The number of nitrogens with zero attached hydrogens (tertiary/aromatic N) is 3. The number of benzene rings is 1. The molecule has 0 unspecified atom stereocenters. The Morgan fingerprint density at radius 2 is 1.95 bits per heavy atom. The van der Waals surface area contributed by atoms with Crippen molar-refractivity contribution >= 4 is 11.6 Å². The second-order valence-corrected chi connectivity index (χ2v) is 4.80. The summed E-state index contributed by atoms with van der Waals surface area (Å²) in [6.07, 6.45) is 0. The molecule has 0 aliphatic carbocycles. The Morgan fingerprint density at radius 3 is 2.68 bits per heavy atom. The van der Waals surface area contributed by atoms with E-state index in [9.17, 15) is 4.79 Å². The molecule has 0 radical (unpaired) electrons. The number of fused-ring (bicyclic) bond motifs is 1. The molecule has 0 spiro atoms. The van der Waals surface area contributed by atoms with Crippen LogP contribution in [-0.2, 0) is 11.3 Å². The van der Waals surface area contributed by atoms with E-state index in [2.05, 4.69) is 10.1 Å². The van der Waals surface area contributed by atoms with Crippen LogP contribution in [-0.4, -0.2) is 27.7 Å². The van der Waals surface area contributed by atoms with E-state index in [0.717, 1.165) is 5.75 Å². The summed E-state index contributed by atoms with van der Waals surface area (Å²) in [6.45, 7) is 2.24. The molecule has 0 atom stereocenters. The van der Waals surface area contributed by atoms with E-state index in [1.165, 1.54) is 17.2 Å². The van der Waals surface area contributed by atoms with E-state index in [1.807, 2.05) is 31.2 Å². The minimum atomic E-state index is -0.457. The van der Waals surface area contributed by atoms with Crippen molar-refractivity contribution in [2.75, 3.05) is 7.11 Å². The third kappa shape index (κ3) is 2.76. The van der Waals surface area contributed by atoms with Gasteiger partial charge in [-0.15, -0.1) is 5.10 Å². The minimum absolute atomic E-state index is 0.228. The Kier molecular flexibility index (Phi) is 3.74. The van der Waals surface area contributed by atoms with Crippen LogP contribution >= 0.6 is 0 Å². The van der Waals surface area contributed by atoms with Crippen molar-refractivity contribution in [1.29, 1.82) is 0 Å². The first-order chi connectivity index (χ1) is 10.7. The molecule has 0 saturated heterocycles. The number of carbonyl (C=O) groups excluding carboxylic acids is 1. The SMILES string of the molecule is COC(=O)c1cccc2nc(COc3ccc(C)cc3)nn12. The summed E-state index contributed by atoms with van der Waals surface area (Å²) in [6, 6.07) is 12.9. The Hall–Kier alpha value is -2.89. The van der Waals surface area contributed by atoms with Gasteiger partial charge in [-0.25, -0.2) is 14.3 Å². The molecule has 0 bridgehead atoms. The van der Waals surface area contributed by atoms with Crippen LogP contribution in [0.1, 0.15) is 21.9 Å². The summed E-state index contributed by atoms with van der Waals surface area (Å²) < 4.78 is 11.8. The third-order valence-electron chi connectivity index (χ3n) is 3.19. The normalized spacial score (nSPS) is 10.6. The highest BCUT2D eigenvalue weighted by Gasteiger charge is 2.13. The number of hydrogen-bond donors (Lipinski definition) is 0. The van der Waals surface area contributed by atoms with Crippen LogP contribution in [0, 0.1) is 6.92 Å². The van der Waals surface area contributed by atoms with E-state index in [1.54, 1.807) is 18.2 Å². The van der Waals surface area contributed by atoms with Crippen LogP contribution in [0.25, 0.3) is 5.65 Å². The van der Waals surface area contributed by atoms with Crippen molar-refractivity contribution in [3.63, 3.8) is 0 Å². The highest BCUT2D eigenvalue weighted by atomic mass is 16.5. The maximum absolute atomic E-state index is 11.7. The molecular formula is C16H15N3O3. The number of rotatable bonds is 4. The third-order valence-corrected chi connectivity index (χ3v) is 3.19. The molecule has 2 heterocycles. The van der Waals surface area contributed by atoms with Crippen LogP contribution in [0.5, 0.6) is 5.75 Å². The van der Waals surface area contributed by atoms with Crippen molar-refractivity contribution in [1.82, 2.24) is 14.6 Å². The molecule has 2 aromatic heterocycles. The Morgan fingerprint density at radius 1 is 1.18 bits per heavy atom. The number of aromatic nitrogens is 3. The zero-order valence-corrected chi connectivity index (χ0v) is 12.3. The largest absolute Gasteiger partial charge is 0.486 e. The van der Waals surface area contributed by atoms with Gasteiger partial charge in [-0.05, 0) is 31.2 Å². The van der Waals surface area contributed by atoms with Gasteiger partial charge >= 0.3 is 5.97 Å². The Bertz CT molecular complexity index is 809. The van der Waals surface area contributed by atoms with Crippen molar-refractivity contribution in [2.24, 2.45) is 0 Å². The van der Waals surface area contributed by atoms with Gasteiger partial charge in [-0.1, -0.05) is 23.8 Å². The molecule has 22 heavy (non-hydrogen) atoms. The summed E-state index contributed by atoms with van der Waals surface area (Å²) in [5, 5.41) is 4.29. The van der Waals surface area contributed by atoms with Crippen molar-refractivity contribution in [2.45, 2.75) is 13.5 Å². The van der Waals surface area contributed by atoms with Crippen molar-refractivity contribution in [3.05, 3.63) is 59.5 Å². The molecular weight excluding hydrogens is 282 g/mol. The number of pyridine rings is 1. The van der Waals surface area contributed by atoms with E-state index < -0.39 is 5.97 Å². The lowest BCUT2D eigenvalue weighted by atomic mass is 10.2. The number of methoxy groups -OCH3 is 1. The first-order valence-corrected chi connectivity index (χ1v) is 6.80. The number of esters is 1. The average Bonchev–Trinajstić information content (AvgIpc) is 2.96. The highest BCUT2D eigenvalue weighted by Crippen LogP contribution is 2.13. The van der Waals surface area contributed by atoms with Crippen LogP contribution in [0.15, 0.2) is 42.5 Å². The molecule has 0 amide bonds. The monoisotopic (exact) mass is 297 g/mol. The molecule has 1 aromatic carbocycles. The summed E-state index contributed by atoms with van der Waals surface area (Å²) in [4.78, 5) is 16.0. The van der Waals surface area contributed by atoms with Crippen LogP contribution < -0.4 is 4.74 Å². The molecule has 6 nitrogen and oxygen atoms in total. The molecule has 0 N–H and O–H groups in total. The van der Waals surface area contributed by atoms with E-state index in [4.69, 9.17) is 9.47 Å². The summed E-state index contributed by atoms with van der Waals surface area (Å²) >= 11 is 0. The highest BCUT2D eigenvalue weighted by molar-refractivity contribution is 5.88. The smallest absolute Gasteiger partial charge is 0.356 e. The molecule has 112 valence electrons. The molecule has 0 fully saturated rings. The van der Waals surface area contributed by atoms with Gasteiger partial charge in [0.25, 0.3) is 0 Å². The first-order valence-electron chi connectivity index (χ1n) is 6.80. The van der Waals surface area contributed by atoms with Gasteiger partial charge in [-0.3, -0.25) is 0 Å². The van der Waals surface area contributed by atoms with E-state index in [0.29, 0.717) is 17.2 Å². The van der Waals surface area contributed by atoms with Gasteiger partial charge in [0.15, 0.2) is 17.2 Å². The van der Waals surface area contributed by atoms with Gasteiger partial charge in [0.2, 0.25) is 0 Å². The number of carbonyl (C=O) groups is 1. The maximum Gasteiger partial charge on any atom is 0.356 e. The topological polar surface area (TPSA) is 65.7 Å².